The molecule has 0 radical (unpaired) electrons. The molecule has 1 amide bonds. The first-order chi connectivity index (χ1) is 14.2. The predicted molar refractivity (Wildman–Crippen MR) is 105 cm³/mol. The number of rotatable bonds is 6. The second-order valence-corrected chi connectivity index (χ2v) is 7.41. The quantitative estimate of drug-likeness (QED) is 0.638. The van der Waals surface area contributed by atoms with Crippen LogP contribution in [0.4, 0.5) is 4.39 Å². The minimum Gasteiger partial charge on any atom is -0.342 e. The number of carbonyl (C=O) groups excluding carboxylic acids is 1. The number of halogens is 1. The van der Waals surface area contributed by atoms with Gasteiger partial charge >= 0.3 is 0 Å². The molecule has 1 aromatic carbocycles. The Morgan fingerprint density at radius 1 is 1.24 bits per heavy atom. The van der Waals surface area contributed by atoms with Crippen molar-refractivity contribution in [3.63, 3.8) is 0 Å². The molecule has 150 valence electrons. The van der Waals surface area contributed by atoms with E-state index >= 15 is 0 Å². The molecule has 4 rings (SSSR count). The van der Waals surface area contributed by atoms with Gasteiger partial charge in [-0.2, -0.15) is 4.98 Å². The van der Waals surface area contributed by atoms with Crippen LogP contribution in [-0.2, 0) is 17.6 Å². The van der Waals surface area contributed by atoms with Gasteiger partial charge in [-0.3, -0.25) is 9.78 Å². The van der Waals surface area contributed by atoms with Crippen molar-refractivity contribution in [3.05, 3.63) is 66.1 Å². The Hall–Kier alpha value is -3.09. The molecule has 1 fully saturated rings. The molecule has 1 saturated heterocycles. The number of piperidine rings is 1. The first-order valence-electron chi connectivity index (χ1n) is 9.93. The monoisotopic (exact) mass is 394 g/mol. The molecule has 1 aliphatic heterocycles. The van der Waals surface area contributed by atoms with Crippen LogP contribution in [0.1, 0.15) is 30.7 Å². The van der Waals surface area contributed by atoms with E-state index in [1.54, 1.807) is 30.6 Å². The molecule has 1 aliphatic rings. The van der Waals surface area contributed by atoms with Crippen LogP contribution in [0.3, 0.4) is 0 Å². The fourth-order valence-corrected chi connectivity index (χ4v) is 3.74. The van der Waals surface area contributed by atoms with Crippen LogP contribution in [0.5, 0.6) is 0 Å². The Bertz CT molecular complexity index is 960. The third-order valence-corrected chi connectivity index (χ3v) is 5.33. The van der Waals surface area contributed by atoms with E-state index in [9.17, 15) is 9.18 Å². The summed E-state index contributed by atoms with van der Waals surface area (Å²) in [6.45, 7) is 1.42. The summed E-state index contributed by atoms with van der Waals surface area (Å²) >= 11 is 0. The Morgan fingerprint density at radius 3 is 2.97 bits per heavy atom. The first-order valence-corrected chi connectivity index (χ1v) is 9.93. The highest BCUT2D eigenvalue weighted by molar-refractivity contribution is 5.78. The Kier molecular flexibility index (Phi) is 5.93. The number of amides is 1. The highest BCUT2D eigenvalue weighted by atomic mass is 19.1. The molecule has 29 heavy (non-hydrogen) atoms. The molecule has 6 nitrogen and oxygen atoms in total. The van der Waals surface area contributed by atoms with Crippen molar-refractivity contribution in [2.24, 2.45) is 5.92 Å². The van der Waals surface area contributed by atoms with Crippen LogP contribution >= 0.6 is 0 Å². The lowest BCUT2D eigenvalue weighted by atomic mass is 9.93. The molecular formula is C22H23FN4O2. The van der Waals surface area contributed by atoms with Gasteiger partial charge in [0.25, 0.3) is 0 Å². The van der Waals surface area contributed by atoms with Gasteiger partial charge in [-0.05, 0) is 48.9 Å². The molecule has 3 aromatic rings. The van der Waals surface area contributed by atoms with Gasteiger partial charge < -0.3 is 9.42 Å². The third-order valence-electron chi connectivity index (χ3n) is 5.33. The molecule has 7 heteroatoms. The second-order valence-electron chi connectivity index (χ2n) is 7.41. The largest absolute Gasteiger partial charge is 0.342 e. The number of hydrogen-bond acceptors (Lipinski definition) is 5. The van der Waals surface area contributed by atoms with Crippen molar-refractivity contribution in [3.8, 4) is 11.4 Å². The molecule has 2 aromatic heterocycles. The molecular weight excluding hydrogens is 371 g/mol. The van der Waals surface area contributed by atoms with Gasteiger partial charge in [-0.1, -0.05) is 23.4 Å². The molecule has 1 unspecified atom stereocenters. The van der Waals surface area contributed by atoms with E-state index in [1.807, 2.05) is 17.0 Å². The number of hydrogen-bond donors (Lipinski definition) is 0. The smallest absolute Gasteiger partial charge is 0.227 e. The van der Waals surface area contributed by atoms with E-state index in [2.05, 4.69) is 15.1 Å². The third kappa shape index (κ3) is 4.85. The predicted octanol–water partition coefficient (Wildman–Crippen LogP) is 3.68. The zero-order chi connectivity index (χ0) is 20.1. The van der Waals surface area contributed by atoms with Crippen molar-refractivity contribution in [1.82, 2.24) is 20.0 Å². The zero-order valence-corrected chi connectivity index (χ0v) is 16.1. The lowest BCUT2D eigenvalue weighted by Crippen LogP contribution is -2.41. The Morgan fingerprint density at radius 2 is 2.14 bits per heavy atom. The lowest BCUT2D eigenvalue weighted by Gasteiger charge is -2.32. The van der Waals surface area contributed by atoms with E-state index < -0.39 is 0 Å². The number of nitrogens with zero attached hydrogens (tertiary/aromatic N) is 4. The molecule has 0 bridgehead atoms. The summed E-state index contributed by atoms with van der Waals surface area (Å²) in [5.74, 6) is 1.17. The van der Waals surface area contributed by atoms with Crippen LogP contribution in [0.2, 0.25) is 0 Å². The fraction of sp³-hybridized carbons (Fsp3) is 0.364. The number of pyridine rings is 1. The minimum absolute atomic E-state index is 0.0172. The maximum Gasteiger partial charge on any atom is 0.227 e. The number of carbonyl (C=O) groups is 1. The van der Waals surface area contributed by atoms with E-state index in [0.29, 0.717) is 36.2 Å². The van der Waals surface area contributed by atoms with Crippen LogP contribution in [-0.4, -0.2) is 39.0 Å². The number of aryl methyl sites for hydroxylation is 1. The van der Waals surface area contributed by atoms with Gasteiger partial charge in [0.05, 0.1) is 6.42 Å². The molecule has 0 saturated carbocycles. The molecule has 0 aliphatic carbocycles. The number of aromatic nitrogens is 3. The highest BCUT2D eigenvalue weighted by Gasteiger charge is 2.24. The Labute approximate surface area is 168 Å². The van der Waals surface area contributed by atoms with Crippen molar-refractivity contribution in [2.75, 3.05) is 13.1 Å². The zero-order valence-electron chi connectivity index (χ0n) is 16.1. The Balaban J connectivity index is 1.31. The molecule has 0 N–H and O–H groups in total. The maximum atomic E-state index is 13.8. The number of benzene rings is 1. The summed E-state index contributed by atoms with van der Waals surface area (Å²) in [7, 11) is 0. The van der Waals surface area contributed by atoms with Crippen LogP contribution in [0.15, 0.2) is 53.3 Å². The van der Waals surface area contributed by atoms with Gasteiger partial charge in [-0.25, -0.2) is 4.39 Å². The second kappa shape index (κ2) is 8.94. The lowest BCUT2D eigenvalue weighted by molar-refractivity contribution is -0.132. The van der Waals surface area contributed by atoms with Crippen molar-refractivity contribution in [1.29, 1.82) is 0 Å². The van der Waals surface area contributed by atoms with Crippen LogP contribution in [0, 0.1) is 11.7 Å². The van der Waals surface area contributed by atoms with Gasteiger partial charge in [0.2, 0.25) is 17.6 Å². The van der Waals surface area contributed by atoms with E-state index in [0.717, 1.165) is 31.4 Å². The fourth-order valence-electron chi connectivity index (χ4n) is 3.74. The molecule has 1 atom stereocenters. The van der Waals surface area contributed by atoms with Crippen molar-refractivity contribution >= 4 is 5.91 Å². The maximum absolute atomic E-state index is 13.8. The van der Waals surface area contributed by atoms with E-state index in [4.69, 9.17) is 4.52 Å². The SMILES string of the molecule is O=C(Cc1ccccc1F)N1CCCC(CCc2nc(-c3cccnc3)no2)C1. The van der Waals surface area contributed by atoms with Crippen molar-refractivity contribution in [2.45, 2.75) is 32.1 Å². The van der Waals surface area contributed by atoms with E-state index in [-0.39, 0.29) is 18.1 Å². The van der Waals surface area contributed by atoms with Crippen molar-refractivity contribution < 1.29 is 13.7 Å². The summed E-state index contributed by atoms with van der Waals surface area (Å²) in [4.78, 5) is 23.0. The summed E-state index contributed by atoms with van der Waals surface area (Å²) in [6.07, 6.45) is 7.08. The summed E-state index contributed by atoms with van der Waals surface area (Å²) in [5, 5.41) is 4.02. The first kappa shape index (κ1) is 19.2. The van der Waals surface area contributed by atoms with E-state index in [1.165, 1.54) is 6.07 Å². The average molecular weight is 394 g/mol. The average Bonchev–Trinajstić information content (AvgIpc) is 3.24. The standard InChI is InChI=1S/C22H23FN4O2/c23-19-8-2-1-6-17(19)13-21(28)27-12-4-5-16(15-27)9-10-20-25-22(26-29-20)18-7-3-11-24-14-18/h1-3,6-8,11,14,16H,4-5,9-10,12-13,15H2. The summed E-state index contributed by atoms with van der Waals surface area (Å²) in [5.41, 5.74) is 1.28. The minimum atomic E-state index is -0.324. The summed E-state index contributed by atoms with van der Waals surface area (Å²) in [6, 6.07) is 10.2. The topological polar surface area (TPSA) is 72.1 Å². The highest BCUT2D eigenvalue weighted by Crippen LogP contribution is 2.23. The van der Waals surface area contributed by atoms with Gasteiger partial charge in [-0.15, -0.1) is 0 Å². The van der Waals surface area contributed by atoms with Gasteiger partial charge in [0.1, 0.15) is 5.82 Å². The van der Waals surface area contributed by atoms with Crippen LogP contribution < -0.4 is 0 Å². The van der Waals surface area contributed by atoms with Gasteiger partial charge in [0, 0.05) is 37.5 Å². The molecule has 3 heterocycles. The molecule has 0 spiro atoms. The van der Waals surface area contributed by atoms with Crippen LogP contribution in [0.25, 0.3) is 11.4 Å². The summed E-state index contributed by atoms with van der Waals surface area (Å²) < 4.78 is 19.2. The normalized spacial score (nSPS) is 16.7. The van der Waals surface area contributed by atoms with Gasteiger partial charge in [0.15, 0.2) is 0 Å². The number of likely N-dealkylation sites (tertiary alicyclic amines) is 1.